The first kappa shape index (κ1) is 14.3. The highest BCUT2D eigenvalue weighted by atomic mass is 79.9. The Kier molecular flexibility index (Phi) is 4.21. The number of benzene rings is 2. The summed E-state index contributed by atoms with van der Waals surface area (Å²) in [5.74, 6) is -0.195. The first-order chi connectivity index (χ1) is 9.52. The van der Waals surface area contributed by atoms with E-state index in [4.69, 9.17) is 5.26 Å². The van der Waals surface area contributed by atoms with Gasteiger partial charge in [-0.1, -0.05) is 34.1 Å². The van der Waals surface area contributed by atoms with Crippen LogP contribution in [0.1, 0.15) is 27.0 Å². The lowest BCUT2D eigenvalue weighted by Gasteiger charge is -2.11. The number of hydrogen-bond acceptors (Lipinski definition) is 2. The van der Waals surface area contributed by atoms with Gasteiger partial charge in [0.2, 0.25) is 0 Å². The summed E-state index contributed by atoms with van der Waals surface area (Å²) in [6, 6.07) is 13.0. The fraction of sp³-hybridized carbons (Fsp3) is 0.125. The summed E-state index contributed by atoms with van der Waals surface area (Å²) in [6.45, 7) is 3.80. The third kappa shape index (κ3) is 2.89. The van der Waals surface area contributed by atoms with Gasteiger partial charge in [0.25, 0.3) is 5.91 Å². The molecule has 2 rings (SSSR count). The van der Waals surface area contributed by atoms with Crippen molar-refractivity contribution in [3.8, 4) is 6.07 Å². The minimum Gasteiger partial charge on any atom is -0.321 e. The van der Waals surface area contributed by atoms with Gasteiger partial charge >= 0.3 is 0 Å². The molecule has 0 aliphatic rings. The highest BCUT2D eigenvalue weighted by Crippen LogP contribution is 2.22. The van der Waals surface area contributed by atoms with Gasteiger partial charge in [-0.25, -0.2) is 0 Å². The predicted octanol–water partition coefficient (Wildman–Crippen LogP) is 4.19. The number of halogens is 1. The first-order valence-electron chi connectivity index (χ1n) is 6.10. The highest BCUT2D eigenvalue weighted by Gasteiger charge is 2.13. The second-order valence-corrected chi connectivity index (χ2v) is 5.44. The lowest BCUT2D eigenvalue weighted by atomic mass is 10.0. The summed E-state index contributed by atoms with van der Waals surface area (Å²) in [6.07, 6.45) is 0. The SMILES string of the molecule is Cc1cccc(C)c1C(=O)Nc1ccc(Br)cc1C#N. The van der Waals surface area contributed by atoms with Crippen LogP contribution in [0.15, 0.2) is 40.9 Å². The molecule has 100 valence electrons. The molecule has 4 heteroatoms. The van der Waals surface area contributed by atoms with Crippen molar-refractivity contribution in [2.45, 2.75) is 13.8 Å². The molecule has 0 fully saturated rings. The standard InChI is InChI=1S/C16H13BrN2O/c1-10-4-3-5-11(2)15(10)16(20)19-14-7-6-13(17)8-12(14)9-18/h3-8H,1-2H3,(H,19,20). The number of amides is 1. The van der Waals surface area contributed by atoms with Crippen LogP contribution in [0.2, 0.25) is 0 Å². The molecule has 2 aromatic carbocycles. The molecule has 0 heterocycles. The van der Waals surface area contributed by atoms with E-state index < -0.39 is 0 Å². The Balaban J connectivity index is 2.36. The van der Waals surface area contributed by atoms with Gasteiger partial charge < -0.3 is 5.32 Å². The third-order valence-corrected chi connectivity index (χ3v) is 3.55. The van der Waals surface area contributed by atoms with Crippen molar-refractivity contribution in [1.29, 1.82) is 5.26 Å². The van der Waals surface area contributed by atoms with Crippen molar-refractivity contribution in [2.75, 3.05) is 5.32 Å². The van der Waals surface area contributed by atoms with E-state index in [0.29, 0.717) is 16.8 Å². The highest BCUT2D eigenvalue weighted by molar-refractivity contribution is 9.10. The maximum atomic E-state index is 12.4. The van der Waals surface area contributed by atoms with Gasteiger partial charge in [-0.05, 0) is 43.2 Å². The average molecular weight is 329 g/mol. The predicted molar refractivity (Wildman–Crippen MR) is 82.7 cm³/mol. The van der Waals surface area contributed by atoms with E-state index in [9.17, 15) is 4.79 Å². The van der Waals surface area contributed by atoms with Crippen LogP contribution in [-0.2, 0) is 0 Å². The number of carbonyl (C=O) groups is 1. The van der Waals surface area contributed by atoms with E-state index in [2.05, 4.69) is 27.3 Å². The van der Waals surface area contributed by atoms with Crippen LogP contribution in [-0.4, -0.2) is 5.91 Å². The molecule has 0 bridgehead atoms. The van der Waals surface area contributed by atoms with Gasteiger partial charge in [0.1, 0.15) is 6.07 Å². The van der Waals surface area contributed by atoms with Gasteiger partial charge in [-0.2, -0.15) is 5.26 Å². The molecule has 0 spiro atoms. The Morgan fingerprint density at radius 2 is 1.85 bits per heavy atom. The van der Waals surface area contributed by atoms with E-state index in [1.54, 1.807) is 18.2 Å². The van der Waals surface area contributed by atoms with Gasteiger partial charge in [-0.3, -0.25) is 4.79 Å². The molecule has 0 atom stereocenters. The quantitative estimate of drug-likeness (QED) is 0.898. The minimum atomic E-state index is -0.195. The Labute approximate surface area is 126 Å². The first-order valence-corrected chi connectivity index (χ1v) is 6.89. The zero-order chi connectivity index (χ0) is 14.7. The molecule has 0 saturated carbocycles. The number of hydrogen-bond donors (Lipinski definition) is 1. The molecule has 0 unspecified atom stereocenters. The van der Waals surface area contributed by atoms with Gasteiger partial charge in [0.15, 0.2) is 0 Å². The molecule has 0 radical (unpaired) electrons. The monoisotopic (exact) mass is 328 g/mol. The van der Waals surface area contributed by atoms with Crippen LogP contribution in [0.25, 0.3) is 0 Å². The number of rotatable bonds is 2. The fourth-order valence-electron chi connectivity index (χ4n) is 2.08. The largest absolute Gasteiger partial charge is 0.321 e. The molecule has 1 N–H and O–H groups in total. The molecule has 0 aliphatic carbocycles. The van der Waals surface area contributed by atoms with Crippen molar-refractivity contribution >= 4 is 27.5 Å². The van der Waals surface area contributed by atoms with Crippen molar-refractivity contribution in [1.82, 2.24) is 0 Å². The van der Waals surface area contributed by atoms with Crippen molar-refractivity contribution in [3.05, 3.63) is 63.1 Å². The number of nitrogens with one attached hydrogen (secondary N) is 1. The fourth-order valence-corrected chi connectivity index (χ4v) is 2.44. The zero-order valence-electron chi connectivity index (χ0n) is 11.2. The van der Waals surface area contributed by atoms with E-state index in [1.165, 1.54) is 0 Å². The number of nitriles is 1. The van der Waals surface area contributed by atoms with Crippen LogP contribution >= 0.6 is 15.9 Å². The molecular formula is C16H13BrN2O. The van der Waals surface area contributed by atoms with Crippen LogP contribution in [0.3, 0.4) is 0 Å². The molecule has 0 aromatic heterocycles. The third-order valence-electron chi connectivity index (χ3n) is 3.06. The summed E-state index contributed by atoms with van der Waals surface area (Å²) in [5.41, 5.74) is 3.43. The van der Waals surface area contributed by atoms with Crippen molar-refractivity contribution < 1.29 is 4.79 Å². The molecule has 0 aliphatic heterocycles. The van der Waals surface area contributed by atoms with Crippen molar-refractivity contribution in [2.24, 2.45) is 0 Å². The number of aryl methyl sites for hydroxylation is 2. The summed E-state index contributed by atoms with van der Waals surface area (Å²) in [4.78, 5) is 12.4. The van der Waals surface area contributed by atoms with E-state index in [0.717, 1.165) is 15.6 Å². The molecule has 3 nitrogen and oxygen atoms in total. The maximum absolute atomic E-state index is 12.4. The minimum absolute atomic E-state index is 0.195. The van der Waals surface area contributed by atoms with Crippen molar-refractivity contribution in [3.63, 3.8) is 0 Å². The number of anilines is 1. The molecule has 1 amide bonds. The normalized spacial score (nSPS) is 9.90. The van der Waals surface area contributed by atoms with E-state index in [-0.39, 0.29) is 5.91 Å². The number of nitrogens with zero attached hydrogens (tertiary/aromatic N) is 1. The van der Waals surface area contributed by atoms with E-state index in [1.807, 2.05) is 32.0 Å². The number of carbonyl (C=O) groups excluding carboxylic acids is 1. The van der Waals surface area contributed by atoms with Crippen LogP contribution in [0, 0.1) is 25.2 Å². The lowest BCUT2D eigenvalue weighted by molar-refractivity contribution is 0.102. The van der Waals surface area contributed by atoms with Gasteiger partial charge in [0, 0.05) is 10.0 Å². The topological polar surface area (TPSA) is 52.9 Å². The Bertz CT molecular complexity index is 697. The van der Waals surface area contributed by atoms with E-state index >= 15 is 0 Å². The average Bonchev–Trinajstić information content (AvgIpc) is 2.40. The van der Waals surface area contributed by atoms with Crippen LogP contribution in [0.5, 0.6) is 0 Å². The second-order valence-electron chi connectivity index (χ2n) is 4.52. The Morgan fingerprint density at radius 1 is 1.20 bits per heavy atom. The molecule has 2 aromatic rings. The lowest BCUT2D eigenvalue weighted by Crippen LogP contribution is -2.15. The van der Waals surface area contributed by atoms with Gasteiger partial charge in [-0.15, -0.1) is 0 Å². The smallest absolute Gasteiger partial charge is 0.256 e. The molecular weight excluding hydrogens is 316 g/mol. The summed E-state index contributed by atoms with van der Waals surface area (Å²) >= 11 is 3.31. The molecule has 20 heavy (non-hydrogen) atoms. The maximum Gasteiger partial charge on any atom is 0.256 e. The van der Waals surface area contributed by atoms with Crippen LogP contribution in [0.4, 0.5) is 5.69 Å². The van der Waals surface area contributed by atoms with Gasteiger partial charge in [0.05, 0.1) is 11.3 Å². The zero-order valence-corrected chi connectivity index (χ0v) is 12.8. The van der Waals surface area contributed by atoms with Crippen LogP contribution < -0.4 is 5.32 Å². The summed E-state index contributed by atoms with van der Waals surface area (Å²) in [5, 5.41) is 11.9. The Hall–Kier alpha value is -2.12. The molecule has 0 saturated heterocycles. The summed E-state index contributed by atoms with van der Waals surface area (Å²) in [7, 11) is 0. The Morgan fingerprint density at radius 3 is 2.45 bits per heavy atom. The summed E-state index contributed by atoms with van der Waals surface area (Å²) < 4.78 is 0.805. The second kappa shape index (κ2) is 5.89.